The lowest BCUT2D eigenvalue weighted by Crippen LogP contribution is -2.42. The highest BCUT2D eigenvalue weighted by Crippen LogP contribution is 2.16. The van der Waals surface area contributed by atoms with E-state index in [1.165, 1.54) is 0 Å². The SMILES string of the molecule is CN(C)[SiH](OCC(C)(C)C)OCC(C)(C)C. The Bertz CT molecular complexity index is 176. The van der Waals surface area contributed by atoms with E-state index in [9.17, 15) is 0 Å². The van der Waals surface area contributed by atoms with Gasteiger partial charge in [0.25, 0.3) is 0 Å². The molecule has 0 rings (SSSR count). The lowest BCUT2D eigenvalue weighted by atomic mass is 9.99. The highest BCUT2D eigenvalue weighted by Gasteiger charge is 2.23. The van der Waals surface area contributed by atoms with Crippen molar-refractivity contribution in [3.63, 3.8) is 0 Å². The van der Waals surface area contributed by atoms with Crippen molar-refractivity contribution >= 4 is 9.45 Å². The molecule has 0 aliphatic carbocycles. The van der Waals surface area contributed by atoms with Crippen molar-refractivity contribution in [3.8, 4) is 0 Å². The van der Waals surface area contributed by atoms with Crippen LogP contribution in [-0.4, -0.2) is 41.3 Å². The summed E-state index contributed by atoms with van der Waals surface area (Å²) in [7, 11) is 2.39. The molecular weight excluding hydrogens is 218 g/mol. The van der Waals surface area contributed by atoms with E-state index in [4.69, 9.17) is 8.85 Å². The maximum atomic E-state index is 5.91. The monoisotopic (exact) mass is 247 g/mol. The zero-order valence-electron chi connectivity index (χ0n) is 12.3. The van der Waals surface area contributed by atoms with Crippen LogP contribution < -0.4 is 0 Å². The Morgan fingerprint density at radius 2 is 1.12 bits per heavy atom. The second kappa shape index (κ2) is 6.14. The zero-order chi connectivity index (χ0) is 13.0. The number of hydrogen-bond donors (Lipinski definition) is 0. The van der Waals surface area contributed by atoms with Crippen molar-refractivity contribution in [1.82, 2.24) is 4.57 Å². The molecule has 16 heavy (non-hydrogen) atoms. The second-order valence-electron chi connectivity index (χ2n) is 7.01. The summed E-state index contributed by atoms with van der Waals surface area (Å²) in [6.07, 6.45) is 0. The predicted molar refractivity (Wildman–Crippen MR) is 71.7 cm³/mol. The second-order valence-corrected chi connectivity index (χ2v) is 9.33. The van der Waals surface area contributed by atoms with E-state index in [1.807, 2.05) is 14.1 Å². The molecule has 0 fully saturated rings. The van der Waals surface area contributed by atoms with E-state index in [0.717, 1.165) is 13.2 Å². The maximum Gasteiger partial charge on any atom is 0.410 e. The van der Waals surface area contributed by atoms with Crippen LogP contribution in [0.5, 0.6) is 0 Å². The first-order valence-electron chi connectivity index (χ1n) is 5.91. The predicted octanol–water partition coefficient (Wildman–Crippen LogP) is 2.39. The van der Waals surface area contributed by atoms with Gasteiger partial charge in [-0.25, -0.2) is 0 Å². The summed E-state index contributed by atoms with van der Waals surface area (Å²) in [5, 5.41) is 0. The fraction of sp³-hybridized carbons (Fsp3) is 1.00. The minimum Gasteiger partial charge on any atom is -0.384 e. The molecule has 4 heteroatoms. The van der Waals surface area contributed by atoms with Crippen LogP contribution in [0.1, 0.15) is 41.5 Å². The molecule has 0 amide bonds. The molecule has 0 aliphatic heterocycles. The normalized spacial score (nSPS) is 13.9. The van der Waals surface area contributed by atoms with Crippen LogP contribution in [0.4, 0.5) is 0 Å². The van der Waals surface area contributed by atoms with Gasteiger partial charge in [0.1, 0.15) is 0 Å². The van der Waals surface area contributed by atoms with Gasteiger partial charge in [0.15, 0.2) is 0 Å². The van der Waals surface area contributed by atoms with Crippen LogP contribution in [0.3, 0.4) is 0 Å². The van der Waals surface area contributed by atoms with Crippen LogP contribution in [0.25, 0.3) is 0 Å². The van der Waals surface area contributed by atoms with E-state index in [0.29, 0.717) is 0 Å². The molecular formula is C12H29NO2Si. The fourth-order valence-electron chi connectivity index (χ4n) is 0.989. The minimum atomic E-state index is -1.67. The summed E-state index contributed by atoms with van der Waals surface area (Å²) in [6.45, 7) is 14.6. The van der Waals surface area contributed by atoms with Crippen molar-refractivity contribution in [2.24, 2.45) is 10.8 Å². The third-order valence-corrected chi connectivity index (χ3v) is 3.49. The molecule has 0 aliphatic rings. The first-order chi connectivity index (χ1) is 7.01. The van der Waals surface area contributed by atoms with E-state index in [2.05, 4.69) is 46.1 Å². The lowest BCUT2D eigenvalue weighted by Gasteiger charge is -2.29. The van der Waals surface area contributed by atoms with E-state index >= 15 is 0 Å². The van der Waals surface area contributed by atoms with Gasteiger partial charge in [0.05, 0.1) is 0 Å². The van der Waals surface area contributed by atoms with Crippen molar-refractivity contribution in [1.29, 1.82) is 0 Å². The Balaban J connectivity index is 4.09. The molecule has 0 atom stereocenters. The molecule has 0 spiro atoms. The smallest absolute Gasteiger partial charge is 0.384 e. The summed E-state index contributed by atoms with van der Waals surface area (Å²) in [4.78, 5) is 0. The van der Waals surface area contributed by atoms with E-state index in [1.54, 1.807) is 0 Å². The largest absolute Gasteiger partial charge is 0.410 e. The van der Waals surface area contributed by atoms with Crippen LogP contribution in [0.15, 0.2) is 0 Å². The van der Waals surface area contributed by atoms with Gasteiger partial charge in [-0.15, -0.1) is 0 Å². The highest BCUT2D eigenvalue weighted by atomic mass is 28.3. The Kier molecular flexibility index (Phi) is 6.18. The summed E-state index contributed by atoms with van der Waals surface area (Å²) in [5.41, 5.74) is 0.401. The number of hydrogen-bond acceptors (Lipinski definition) is 3. The molecule has 0 aromatic carbocycles. The summed E-state index contributed by atoms with van der Waals surface area (Å²) in [5.74, 6) is 0. The van der Waals surface area contributed by atoms with Gasteiger partial charge in [-0.3, -0.25) is 4.57 Å². The van der Waals surface area contributed by atoms with Crippen LogP contribution in [0.2, 0.25) is 0 Å². The van der Waals surface area contributed by atoms with Crippen molar-refractivity contribution in [3.05, 3.63) is 0 Å². The minimum absolute atomic E-state index is 0.201. The molecule has 3 nitrogen and oxygen atoms in total. The Morgan fingerprint density at radius 1 is 0.812 bits per heavy atom. The summed E-state index contributed by atoms with van der Waals surface area (Å²) in [6, 6.07) is 0. The summed E-state index contributed by atoms with van der Waals surface area (Å²) < 4.78 is 13.9. The van der Waals surface area contributed by atoms with Gasteiger partial charge in [-0.05, 0) is 24.9 Å². The van der Waals surface area contributed by atoms with Gasteiger partial charge in [0.2, 0.25) is 0 Å². The lowest BCUT2D eigenvalue weighted by molar-refractivity contribution is 0.0887. The van der Waals surface area contributed by atoms with E-state index in [-0.39, 0.29) is 10.8 Å². The van der Waals surface area contributed by atoms with Crippen molar-refractivity contribution in [2.45, 2.75) is 41.5 Å². The first kappa shape index (κ1) is 16.1. The van der Waals surface area contributed by atoms with Gasteiger partial charge >= 0.3 is 9.45 Å². The molecule has 0 radical (unpaired) electrons. The fourth-order valence-corrected chi connectivity index (χ4v) is 2.97. The quantitative estimate of drug-likeness (QED) is 0.696. The Labute approximate surface area is 103 Å². The van der Waals surface area contributed by atoms with Gasteiger partial charge < -0.3 is 8.85 Å². The molecule has 0 saturated carbocycles. The molecule has 0 saturated heterocycles. The van der Waals surface area contributed by atoms with Crippen LogP contribution in [0, 0.1) is 10.8 Å². The number of rotatable bonds is 5. The van der Waals surface area contributed by atoms with Gasteiger partial charge in [-0.1, -0.05) is 41.5 Å². The van der Waals surface area contributed by atoms with Crippen LogP contribution in [-0.2, 0) is 8.85 Å². The topological polar surface area (TPSA) is 21.7 Å². The van der Waals surface area contributed by atoms with Crippen molar-refractivity contribution in [2.75, 3.05) is 27.3 Å². The summed E-state index contributed by atoms with van der Waals surface area (Å²) >= 11 is 0. The zero-order valence-corrected chi connectivity index (χ0v) is 13.4. The highest BCUT2D eigenvalue weighted by molar-refractivity contribution is 6.40. The number of nitrogens with zero attached hydrogens (tertiary/aromatic N) is 1. The third kappa shape index (κ3) is 9.33. The first-order valence-corrected chi connectivity index (χ1v) is 7.37. The molecule has 0 unspecified atom stereocenters. The maximum absolute atomic E-state index is 5.91. The average Bonchev–Trinajstić information content (AvgIpc) is 1.98. The van der Waals surface area contributed by atoms with Crippen LogP contribution >= 0.6 is 0 Å². The van der Waals surface area contributed by atoms with Gasteiger partial charge in [-0.2, -0.15) is 0 Å². The third-order valence-electron chi connectivity index (χ3n) is 1.74. The molecule has 0 heterocycles. The van der Waals surface area contributed by atoms with Gasteiger partial charge in [0, 0.05) is 13.2 Å². The Hall–Kier alpha value is 0.0969. The van der Waals surface area contributed by atoms with E-state index < -0.39 is 9.45 Å². The molecule has 0 N–H and O–H groups in total. The molecule has 0 aromatic rings. The van der Waals surface area contributed by atoms with Crippen molar-refractivity contribution < 1.29 is 8.85 Å². The standard InChI is InChI=1S/C12H29NO2Si/c1-11(2,3)9-14-16(13(7)8)15-10-12(4,5)6/h16H,9-10H2,1-8H3. The Morgan fingerprint density at radius 3 is 1.31 bits per heavy atom. The average molecular weight is 247 g/mol. The molecule has 0 aromatic heterocycles. The molecule has 98 valence electrons. The molecule has 0 bridgehead atoms.